The highest BCUT2D eigenvalue weighted by molar-refractivity contribution is 6.01. The molecule has 0 unspecified atom stereocenters. The van der Waals surface area contributed by atoms with Gasteiger partial charge in [0.2, 0.25) is 0 Å². The van der Waals surface area contributed by atoms with Gasteiger partial charge in [0.25, 0.3) is 0 Å². The smallest absolute Gasteiger partial charge is 0.416 e. The van der Waals surface area contributed by atoms with Gasteiger partial charge in [0.1, 0.15) is 11.6 Å². The van der Waals surface area contributed by atoms with Crippen LogP contribution in [0.2, 0.25) is 0 Å². The van der Waals surface area contributed by atoms with Crippen molar-refractivity contribution in [3.05, 3.63) is 76.5 Å². The Bertz CT molecular complexity index is 1230. The van der Waals surface area contributed by atoms with Crippen molar-refractivity contribution in [2.75, 3.05) is 6.61 Å². The molecule has 0 aliphatic carbocycles. The Balaban J connectivity index is 2.12. The Hall–Kier alpha value is -3.74. The van der Waals surface area contributed by atoms with Crippen LogP contribution >= 0.6 is 0 Å². The molecule has 1 heterocycles. The highest BCUT2D eigenvalue weighted by Crippen LogP contribution is 2.37. The van der Waals surface area contributed by atoms with Crippen LogP contribution < -0.4 is 0 Å². The fourth-order valence-corrected chi connectivity index (χ4v) is 3.33. The number of carbonyl (C=O) groups excluding carboxylic acids is 1. The first-order valence-corrected chi connectivity index (χ1v) is 9.59. The molecule has 3 rings (SSSR count). The van der Waals surface area contributed by atoms with E-state index in [1.807, 2.05) is 0 Å². The number of hydrogen-bond donors (Lipinski definition) is 0. The molecule has 0 saturated heterocycles. The Morgan fingerprint density at radius 3 is 2.21 bits per heavy atom. The number of nitrogens with zero attached hydrogens (tertiary/aromatic N) is 2. The van der Waals surface area contributed by atoms with Gasteiger partial charge in [-0.05, 0) is 42.8 Å². The minimum Gasteiger partial charge on any atom is -0.462 e. The van der Waals surface area contributed by atoms with E-state index in [0.717, 1.165) is 0 Å². The summed E-state index contributed by atoms with van der Waals surface area (Å²) in [4.78, 5) is 11.9. The number of nitriles is 1. The maximum Gasteiger partial charge on any atom is 0.416 e. The molecule has 2 aromatic carbocycles. The second kappa shape index (κ2) is 9.02. The lowest BCUT2D eigenvalue weighted by molar-refractivity contribution is -0.143. The molecule has 33 heavy (non-hydrogen) atoms. The Kier molecular flexibility index (Phi) is 6.53. The summed E-state index contributed by atoms with van der Waals surface area (Å²) >= 11 is 0. The van der Waals surface area contributed by atoms with Crippen molar-refractivity contribution in [3.63, 3.8) is 0 Å². The highest BCUT2D eigenvalue weighted by Gasteiger charge is 2.36. The number of fused-ring (bicyclic) bond motifs is 1. The zero-order valence-electron chi connectivity index (χ0n) is 17.1. The van der Waals surface area contributed by atoms with Crippen LogP contribution in [0.1, 0.15) is 29.2 Å². The number of alkyl halides is 6. The molecule has 0 spiro atoms. The van der Waals surface area contributed by atoms with Crippen LogP contribution in [-0.2, 0) is 28.4 Å². The SMILES string of the molecule is CCOC(=O)/C(C#N)=C/c1cn(Cc2cc(C(F)(F)F)cc(C(F)(F)F)c2)c2ccccc12. The molecule has 0 N–H and O–H groups in total. The predicted molar refractivity (Wildman–Crippen MR) is 108 cm³/mol. The number of ether oxygens (including phenoxy) is 1. The lowest BCUT2D eigenvalue weighted by Gasteiger charge is -2.15. The van der Waals surface area contributed by atoms with Gasteiger partial charge in [-0.3, -0.25) is 0 Å². The van der Waals surface area contributed by atoms with Crippen molar-refractivity contribution >= 4 is 22.9 Å². The molecular weight excluding hydrogens is 450 g/mol. The van der Waals surface area contributed by atoms with E-state index >= 15 is 0 Å². The van der Waals surface area contributed by atoms with E-state index in [4.69, 9.17) is 4.74 Å². The third-order valence-corrected chi connectivity index (χ3v) is 4.74. The average molecular weight is 466 g/mol. The molecular formula is C23H16F6N2O2. The lowest BCUT2D eigenvalue weighted by Crippen LogP contribution is -2.12. The number of carbonyl (C=O) groups is 1. The van der Waals surface area contributed by atoms with Crippen LogP contribution in [0.3, 0.4) is 0 Å². The van der Waals surface area contributed by atoms with Gasteiger partial charge in [0.05, 0.1) is 17.7 Å². The molecule has 172 valence electrons. The Morgan fingerprint density at radius 2 is 1.67 bits per heavy atom. The standard InChI is InChI=1S/C23H16F6N2O2/c1-2-33-21(32)15(11-30)9-16-13-31(20-6-4-3-5-19(16)20)12-14-7-17(22(24,25)26)10-18(8-14)23(27,28)29/h3-10,13H,2,12H2,1H3/b15-9+. The van der Waals surface area contributed by atoms with Crippen LogP contribution in [-0.4, -0.2) is 17.1 Å². The van der Waals surface area contributed by atoms with Crippen molar-refractivity contribution in [2.24, 2.45) is 0 Å². The molecule has 10 heteroatoms. The van der Waals surface area contributed by atoms with Gasteiger partial charge in [-0.2, -0.15) is 31.6 Å². The van der Waals surface area contributed by atoms with Gasteiger partial charge in [0, 0.05) is 29.2 Å². The molecule has 0 atom stereocenters. The molecule has 3 aromatic rings. The first-order valence-electron chi connectivity index (χ1n) is 9.59. The van der Waals surface area contributed by atoms with E-state index in [-0.39, 0.29) is 30.4 Å². The third kappa shape index (κ3) is 5.37. The number of benzene rings is 2. The lowest BCUT2D eigenvalue weighted by atomic mass is 10.0. The normalized spacial score (nSPS) is 12.6. The zero-order chi connectivity index (χ0) is 24.4. The average Bonchev–Trinajstić information content (AvgIpc) is 3.08. The predicted octanol–water partition coefficient (Wildman–Crippen LogP) is 6.20. The second-order valence-electron chi connectivity index (χ2n) is 7.03. The van der Waals surface area contributed by atoms with E-state index in [1.165, 1.54) is 16.8 Å². The topological polar surface area (TPSA) is 55.0 Å². The number of aromatic nitrogens is 1. The van der Waals surface area contributed by atoms with Crippen molar-refractivity contribution in [3.8, 4) is 6.07 Å². The quantitative estimate of drug-likeness (QED) is 0.195. The number of para-hydroxylation sites is 1. The van der Waals surface area contributed by atoms with E-state index < -0.39 is 29.4 Å². The largest absolute Gasteiger partial charge is 0.462 e. The van der Waals surface area contributed by atoms with Gasteiger partial charge in [0.15, 0.2) is 0 Å². The van der Waals surface area contributed by atoms with E-state index in [9.17, 15) is 36.4 Å². The van der Waals surface area contributed by atoms with Crippen LogP contribution in [0.15, 0.2) is 54.2 Å². The molecule has 0 aliphatic rings. The van der Waals surface area contributed by atoms with Crippen LogP contribution in [0.4, 0.5) is 26.3 Å². The summed E-state index contributed by atoms with van der Waals surface area (Å²) in [6, 6.07) is 9.74. The number of halogens is 6. The van der Waals surface area contributed by atoms with E-state index in [0.29, 0.717) is 28.6 Å². The minimum atomic E-state index is -4.95. The van der Waals surface area contributed by atoms with Crippen LogP contribution in [0.25, 0.3) is 17.0 Å². The molecule has 0 aliphatic heterocycles. The van der Waals surface area contributed by atoms with Crippen molar-refractivity contribution in [2.45, 2.75) is 25.8 Å². The summed E-state index contributed by atoms with van der Waals surface area (Å²) < 4.78 is 85.5. The van der Waals surface area contributed by atoms with Crippen LogP contribution in [0.5, 0.6) is 0 Å². The van der Waals surface area contributed by atoms with Gasteiger partial charge in [-0.15, -0.1) is 0 Å². The minimum absolute atomic E-state index is 0.0523. The van der Waals surface area contributed by atoms with Crippen molar-refractivity contribution in [1.82, 2.24) is 4.57 Å². The van der Waals surface area contributed by atoms with Gasteiger partial charge in [-0.25, -0.2) is 4.79 Å². The summed E-state index contributed by atoms with van der Waals surface area (Å²) in [5, 5.41) is 9.83. The monoisotopic (exact) mass is 466 g/mol. The Labute approximate surface area is 184 Å². The maximum absolute atomic E-state index is 13.2. The van der Waals surface area contributed by atoms with Gasteiger partial charge >= 0.3 is 18.3 Å². The first-order chi connectivity index (χ1) is 15.4. The number of hydrogen-bond acceptors (Lipinski definition) is 3. The Morgan fingerprint density at radius 1 is 1.06 bits per heavy atom. The van der Waals surface area contributed by atoms with Crippen molar-refractivity contribution in [1.29, 1.82) is 5.26 Å². The third-order valence-electron chi connectivity index (χ3n) is 4.74. The first kappa shape index (κ1) is 23.9. The van der Waals surface area contributed by atoms with E-state index in [2.05, 4.69) is 0 Å². The van der Waals surface area contributed by atoms with Crippen LogP contribution in [0, 0.1) is 11.3 Å². The number of rotatable bonds is 5. The molecule has 0 fully saturated rings. The molecule has 1 aromatic heterocycles. The molecule has 0 bridgehead atoms. The van der Waals surface area contributed by atoms with Gasteiger partial charge < -0.3 is 9.30 Å². The second-order valence-corrected chi connectivity index (χ2v) is 7.03. The maximum atomic E-state index is 13.2. The molecule has 0 amide bonds. The summed E-state index contributed by atoms with van der Waals surface area (Å²) in [7, 11) is 0. The summed E-state index contributed by atoms with van der Waals surface area (Å²) in [5.74, 6) is -0.843. The molecule has 4 nitrogen and oxygen atoms in total. The summed E-state index contributed by atoms with van der Waals surface area (Å²) in [6.07, 6.45) is -7.19. The van der Waals surface area contributed by atoms with Crippen molar-refractivity contribution < 1.29 is 35.9 Å². The molecule has 0 saturated carbocycles. The summed E-state index contributed by atoms with van der Waals surface area (Å²) in [5.41, 5.74) is -2.43. The zero-order valence-corrected chi connectivity index (χ0v) is 17.1. The fourth-order valence-electron chi connectivity index (χ4n) is 3.33. The highest BCUT2D eigenvalue weighted by atomic mass is 19.4. The molecule has 0 radical (unpaired) electrons. The fraction of sp³-hybridized carbons (Fsp3) is 0.217. The van der Waals surface area contributed by atoms with Gasteiger partial charge in [-0.1, -0.05) is 18.2 Å². The number of esters is 1. The van der Waals surface area contributed by atoms with E-state index in [1.54, 1.807) is 37.3 Å². The summed E-state index contributed by atoms with van der Waals surface area (Å²) in [6.45, 7) is 1.32.